The Morgan fingerprint density at radius 1 is 1.39 bits per heavy atom. The summed E-state index contributed by atoms with van der Waals surface area (Å²) in [5.74, 6) is -0.953. The first kappa shape index (κ1) is 12.4. The molecule has 1 aromatic carbocycles. The number of carboxylic acids is 1. The molecule has 0 bridgehead atoms. The Morgan fingerprint density at radius 3 is 2.67 bits per heavy atom. The maximum Gasteiger partial charge on any atom is 0.328 e. The summed E-state index contributed by atoms with van der Waals surface area (Å²) in [6.07, 6.45) is 6.00. The zero-order chi connectivity index (χ0) is 13.0. The standard InChI is InChI=1S/C13H11ClN2O2/c14-12-7-15-16(9-12)8-11-3-1-10(2-4-11)5-6-13(17)18/h1-7,9H,8H2,(H,17,18). The van der Waals surface area contributed by atoms with Crippen LogP contribution in [0, 0.1) is 0 Å². The molecule has 0 aliphatic rings. The monoisotopic (exact) mass is 262 g/mol. The van der Waals surface area contributed by atoms with Crippen molar-refractivity contribution in [1.29, 1.82) is 0 Å². The Balaban J connectivity index is 2.06. The summed E-state index contributed by atoms with van der Waals surface area (Å²) in [4.78, 5) is 10.4. The summed E-state index contributed by atoms with van der Waals surface area (Å²) in [5, 5.41) is 13.2. The van der Waals surface area contributed by atoms with Crippen molar-refractivity contribution in [1.82, 2.24) is 9.78 Å². The predicted octanol–water partition coefficient (Wildman–Crippen LogP) is 2.68. The van der Waals surface area contributed by atoms with Crippen LogP contribution in [0.4, 0.5) is 0 Å². The van der Waals surface area contributed by atoms with Crippen LogP contribution in [0.25, 0.3) is 6.08 Å². The number of benzene rings is 1. The van der Waals surface area contributed by atoms with Crippen molar-refractivity contribution in [2.75, 3.05) is 0 Å². The van der Waals surface area contributed by atoms with Gasteiger partial charge in [-0.25, -0.2) is 4.79 Å². The summed E-state index contributed by atoms with van der Waals surface area (Å²) in [7, 11) is 0. The number of aliphatic carboxylic acids is 1. The Hall–Kier alpha value is -2.07. The Labute approximate surface area is 109 Å². The molecule has 2 aromatic rings. The van der Waals surface area contributed by atoms with E-state index in [9.17, 15) is 4.79 Å². The van der Waals surface area contributed by atoms with Gasteiger partial charge in [-0.3, -0.25) is 4.68 Å². The molecule has 4 nitrogen and oxygen atoms in total. The van der Waals surface area contributed by atoms with Gasteiger partial charge in [0.1, 0.15) is 0 Å². The van der Waals surface area contributed by atoms with Gasteiger partial charge in [-0.15, -0.1) is 0 Å². The van der Waals surface area contributed by atoms with Gasteiger partial charge in [-0.05, 0) is 17.2 Å². The number of nitrogens with zero attached hydrogens (tertiary/aromatic N) is 2. The van der Waals surface area contributed by atoms with Crippen LogP contribution in [0.3, 0.4) is 0 Å². The van der Waals surface area contributed by atoms with Gasteiger partial charge in [0.15, 0.2) is 0 Å². The Bertz CT molecular complexity index is 573. The number of rotatable bonds is 4. The zero-order valence-electron chi connectivity index (χ0n) is 9.45. The molecule has 92 valence electrons. The van der Waals surface area contributed by atoms with Crippen molar-refractivity contribution >= 4 is 23.6 Å². The topological polar surface area (TPSA) is 55.1 Å². The summed E-state index contributed by atoms with van der Waals surface area (Å²) in [5.41, 5.74) is 1.92. The molecule has 0 amide bonds. The van der Waals surface area contributed by atoms with E-state index in [4.69, 9.17) is 16.7 Å². The lowest BCUT2D eigenvalue weighted by molar-refractivity contribution is -0.131. The molecular weight excluding hydrogens is 252 g/mol. The Morgan fingerprint density at radius 2 is 2.11 bits per heavy atom. The lowest BCUT2D eigenvalue weighted by Crippen LogP contribution is -1.99. The van der Waals surface area contributed by atoms with E-state index in [1.54, 1.807) is 23.2 Å². The average molecular weight is 263 g/mol. The lowest BCUT2D eigenvalue weighted by atomic mass is 10.1. The minimum Gasteiger partial charge on any atom is -0.478 e. The normalized spacial score (nSPS) is 10.9. The van der Waals surface area contributed by atoms with E-state index in [0.717, 1.165) is 17.2 Å². The van der Waals surface area contributed by atoms with E-state index in [-0.39, 0.29) is 0 Å². The number of carboxylic acid groups (broad SMARTS) is 1. The van der Waals surface area contributed by atoms with Crippen molar-refractivity contribution in [2.45, 2.75) is 6.54 Å². The van der Waals surface area contributed by atoms with E-state index in [0.29, 0.717) is 11.6 Å². The van der Waals surface area contributed by atoms with Gasteiger partial charge in [0.05, 0.1) is 17.8 Å². The fourth-order valence-corrected chi connectivity index (χ4v) is 1.67. The highest BCUT2D eigenvalue weighted by Crippen LogP contribution is 2.10. The first-order chi connectivity index (χ1) is 8.63. The van der Waals surface area contributed by atoms with Gasteiger partial charge >= 0.3 is 5.97 Å². The summed E-state index contributed by atoms with van der Waals surface area (Å²) in [6.45, 7) is 0.635. The van der Waals surface area contributed by atoms with E-state index >= 15 is 0 Å². The predicted molar refractivity (Wildman–Crippen MR) is 69.5 cm³/mol. The average Bonchev–Trinajstić information content (AvgIpc) is 2.74. The molecule has 0 saturated carbocycles. The molecule has 0 aliphatic carbocycles. The van der Waals surface area contributed by atoms with Gasteiger partial charge < -0.3 is 5.11 Å². The van der Waals surface area contributed by atoms with Crippen LogP contribution in [0.1, 0.15) is 11.1 Å². The fraction of sp³-hybridized carbons (Fsp3) is 0.0769. The molecule has 0 spiro atoms. The largest absolute Gasteiger partial charge is 0.478 e. The van der Waals surface area contributed by atoms with Crippen molar-refractivity contribution in [3.05, 3.63) is 58.9 Å². The maximum atomic E-state index is 10.4. The minimum atomic E-state index is -0.953. The van der Waals surface area contributed by atoms with E-state index in [1.807, 2.05) is 24.3 Å². The Kier molecular flexibility index (Phi) is 3.79. The van der Waals surface area contributed by atoms with Crippen LogP contribution in [0.15, 0.2) is 42.7 Å². The number of carbonyl (C=O) groups is 1. The summed E-state index contributed by atoms with van der Waals surface area (Å²) in [6, 6.07) is 7.58. The molecule has 0 atom stereocenters. The van der Waals surface area contributed by atoms with Crippen LogP contribution >= 0.6 is 11.6 Å². The molecule has 1 aromatic heterocycles. The highest BCUT2D eigenvalue weighted by molar-refractivity contribution is 6.30. The number of hydrogen-bond donors (Lipinski definition) is 1. The lowest BCUT2D eigenvalue weighted by Gasteiger charge is -2.02. The van der Waals surface area contributed by atoms with Crippen LogP contribution in [0.2, 0.25) is 5.02 Å². The molecule has 5 heteroatoms. The second-order valence-corrected chi connectivity index (χ2v) is 4.21. The number of hydrogen-bond acceptors (Lipinski definition) is 2. The molecule has 0 saturated heterocycles. The van der Waals surface area contributed by atoms with Gasteiger partial charge in [0.2, 0.25) is 0 Å². The van der Waals surface area contributed by atoms with Crippen LogP contribution in [-0.4, -0.2) is 20.9 Å². The van der Waals surface area contributed by atoms with E-state index in [2.05, 4.69) is 5.10 Å². The van der Waals surface area contributed by atoms with Crippen molar-refractivity contribution in [3.8, 4) is 0 Å². The van der Waals surface area contributed by atoms with Crippen molar-refractivity contribution < 1.29 is 9.90 Å². The molecular formula is C13H11ClN2O2. The first-order valence-corrected chi connectivity index (χ1v) is 5.69. The van der Waals surface area contributed by atoms with Gasteiger partial charge in [-0.2, -0.15) is 5.10 Å². The molecule has 1 N–H and O–H groups in total. The molecule has 2 rings (SSSR count). The summed E-state index contributed by atoms with van der Waals surface area (Å²) >= 11 is 5.77. The maximum absolute atomic E-state index is 10.4. The quantitative estimate of drug-likeness (QED) is 0.862. The summed E-state index contributed by atoms with van der Waals surface area (Å²) < 4.78 is 1.74. The molecule has 1 heterocycles. The molecule has 0 unspecified atom stereocenters. The van der Waals surface area contributed by atoms with Gasteiger partial charge in [-0.1, -0.05) is 35.9 Å². The smallest absolute Gasteiger partial charge is 0.328 e. The van der Waals surface area contributed by atoms with Crippen molar-refractivity contribution in [3.63, 3.8) is 0 Å². The van der Waals surface area contributed by atoms with Crippen LogP contribution in [-0.2, 0) is 11.3 Å². The second-order valence-electron chi connectivity index (χ2n) is 3.77. The third kappa shape index (κ3) is 3.46. The molecule has 0 aliphatic heterocycles. The zero-order valence-corrected chi connectivity index (χ0v) is 10.2. The van der Waals surface area contributed by atoms with Gasteiger partial charge in [0, 0.05) is 12.3 Å². The third-order valence-electron chi connectivity index (χ3n) is 2.34. The molecule has 18 heavy (non-hydrogen) atoms. The van der Waals surface area contributed by atoms with Gasteiger partial charge in [0.25, 0.3) is 0 Å². The third-order valence-corrected chi connectivity index (χ3v) is 2.54. The number of halogens is 1. The van der Waals surface area contributed by atoms with Crippen LogP contribution < -0.4 is 0 Å². The SMILES string of the molecule is O=C(O)C=Cc1ccc(Cn2cc(Cl)cn2)cc1. The van der Waals surface area contributed by atoms with Crippen molar-refractivity contribution in [2.24, 2.45) is 0 Å². The highest BCUT2D eigenvalue weighted by Gasteiger charge is 1.98. The second kappa shape index (κ2) is 5.51. The first-order valence-electron chi connectivity index (χ1n) is 5.31. The van der Waals surface area contributed by atoms with E-state index in [1.165, 1.54) is 0 Å². The minimum absolute atomic E-state index is 0.607. The van der Waals surface area contributed by atoms with Crippen LogP contribution in [0.5, 0.6) is 0 Å². The molecule has 0 radical (unpaired) electrons. The molecule has 0 fully saturated rings. The fourth-order valence-electron chi connectivity index (χ4n) is 1.51. The number of aromatic nitrogens is 2. The highest BCUT2D eigenvalue weighted by atomic mass is 35.5. The van der Waals surface area contributed by atoms with E-state index < -0.39 is 5.97 Å².